The van der Waals surface area contributed by atoms with E-state index in [1.54, 1.807) is 0 Å². The number of thiocarbonyl (C=S) groups is 1. The smallest absolute Gasteiger partial charge is 0.171 e. The largest absolute Gasteiger partial charge is 0.372 e. The van der Waals surface area contributed by atoms with Crippen molar-refractivity contribution in [1.29, 1.82) is 0 Å². The van der Waals surface area contributed by atoms with Gasteiger partial charge in [-0.3, -0.25) is 0 Å². The molecule has 0 amide bonds. The number of hydrogen-bond acceptors (Lipinski definition) is 2. The number of anilines is 1. The molecule has 4 heteroatoms. The van der Waals surface area contributed by atoms with E-state index >= 15 is 0 Å². The van der Waals surface area contributed by atoms with Gasteiger partial charge < -0.3 is 15.4 Å². The highest BCUT2D eigenvalue weighted by Gasteiger charge is 2.04. The molecule has 0 atom stereocenters. The first-order valence-corrected chi connectivity index (χ1v) is 9.83. The van der Waals surface area contributed by atoms with Crippen LogP contribution >= 0.6 is 12.2 Å². The van der Waals surface area contributed by atoms with Gasteiger partial charge >= 0.3 is 0 Å². The molecule has 0 spiro atoms. The third kappa shape index (κ3) is 5.91. The predicted octanol–water partition coefficient (Wildman–Crippen LogP) is 5.51. The lowest BCUT2D eigenvalue weighted by atomic mass is 10.1. The maximum absolute atomic E-state index is 5.83. The molecule has 0 aliphatic heterocycles. The summed E-state index contributed by atoms with van der Waals surface area (Å²) in [6.45, 7) is 6.04. The average Bonchev–Trinajstić information content (AvgIpc) is 2.70. The number of hydrogen-bond donors (Lipinski definition) is 2. The highest BCUT2D eigenvalue weighted by atomic mass is 32.1. The van der Waals surface area contributed by atoms with Gasteiger partial charge in [-0.25, -0.2) is 0 Å². The van der Waals surface area contributed by atoms with Gasteiger partial charge in [-0.1, -0.05) is 72.8 Å². The molecular weight excluding hydrogens is 364 g/mol. The molecule has 3 aromatic rings. The Morgan fingerprint density at radius 1 is 0.786 bits per heavy atom. The molecule has 0 saturated heterocycles. The molecule has 0 heterocycles. The zero-order valence-electron chi connectivity index (χ0n) is 16.4. The third-order valence-corrected chi connectivity index (χ3v) is 4.79. The van der Waals surface area contributed by atoms with E-state index in [2.05, 4.69) is 79.1 Å². The second-order valence-corrected chi connectivity index (χ2v) is 7.28. The van der Waals surface area contributed by atoms with Gasteiger partial charge in [0.05, 0.1) is 13.2 Å². The van der Waals surface area contributed by atoms with Crippen LogP contribution in [0, 0.1) is 13.8 Å². The molecular formula is C24H26N2OS. The molecule has 3 rings (SSSR count). The molecule has 0 aliphatic rings. The summed E-state index contributed by atoms with van der Waals surface area (Å²) in [7, 11) is 0. The van der Waals surface area contributed by atoms with Crippen molar-refractivity contribution in [3.63, 3.8) is 0 Å². The van der Waals surface area contributed by atoms with Crippen LogP contribution in [0.4, 0.5) is 5.69 Å². The van der Waals surface area contributed by atoms with Crippen LogP contribution < -0.4 is 10.6 Å². The van der Waals surface area contributed by atoms with E-state index in [9.17, 15) is 0 Å². The molecule has 0 unspecified atom stereocenters. The quantitative estimate of drug-likeness (QED) is 0.522. The van der Waals surface area contributed by atoms with Crippen molar-refractivity contribution >= 4 is 23.0 Å². The van der Waals surface area contributed by atoms with E-state index in [0.717, 1.165) is 11.3 Å². The fraction of sp³-hybridized carbons (Fsp3) is 0.208. The predicted molar refractivity (Wildman–Crippen MR) is 120 cm³/mol. The minimum atomic E-state index is 0.591. The summed E-state index contributed by atoms with van der Waals surface area (Å²) in [4.78, 5) is 0. The van der Waals surface area contributed by atoms with Crippen LogP contribution in [0.25, 0.3) is 0 Å². The Bertz CT molecular complexity index is 905. The Kier molecular flexibility index (Phi) is 7.18. The lowest BCUT2D eigenvalue weighted by Crippen LogP contribution is -2.28. The number of ether oxygens (including phenoxy) is 1. The molecule has 0 fully saturated rings. The van der Waals surface area contributed by atoms with Gasteiger partial charge in [-0.15, -0.1) is 0 Å². The highest BCUT2D eigenvalue weighted by Crippen LogP contribution is 2.19. The van der Waals surface area contributed by atoms with Crippen LogP contribution in [0.15, 0.2) is 72.8 Å². The Morgan fingerprint density at radius 3 is 2.14 bits per heavy atom. The average molecular weight is 391 g/mol. The molecule has 144 valence electrons. The molecule has 3 aromatic carbocycles. The lowest BCUT2D eigenvalue weighted by Gasteiger charge is -2.15. The lowest BCUT2D eigenvalue weighted by molar-refractivity contribution is 0.107. The molecule has 0 radical (unpaired) electrons. The molecule has 0 saturated carbocycles. The topological polar surface area (TPSA) is 33.3 Å². The maximum atomic E-state index is 5.83. The first kappa shape index (κ1) is 20.1. The monoisotopic (exact) mass is 390 g/mol. The number of nitrogens with one attached hydrogen (secondary N) is 2. The zero-order valence-corrected chi connectivity index (χ0v) is 17.2. The van der Waals surface area contributed by atoms with Gasteiger partial charge in [-0.05, 0) is 53.9 Å². The van der Waals surface area contributed by atoms with E-state index in [-0.39, 0.29) is 0 Å². The van der Waals surface area contributed by atoms with Gasteiger partial charge in [-0.2, -0.15) is 0 Å². The van der Waals surface area contributed by atoms with Crippen molar-refractivity contribution in [3.05, 3.63) is 101 Å². The zero-order chi connectivity index (χ0) is 19.8. The molecule has 3 nitrogen and oxygen atoms in total. The maximum Gasteiger partial charge on any atom is 0.171 e. The van der Waals surface area contributed by atoms with Crippen molar-refractivity contribution in [2.75, 3.05) is 5.32 Å². The summed E-state index contributed by atoms with van der Waals surface area (Å²) < 4.78 is 5.83. The summed E-state index contributed by atoms with van der Waals surface area (Å²) in [6.07, 6.45) is 0. The normalized spacial score (nSPS) is 10.5. The number of para-hydroxylation sites is 1. The summed E-state index contributed by atoms with van der Waals surface area (Å²) in [6, 6.07) is 24.8. The number of rotatable bonds is 7. The van der Waals surface area contributed by atoms with Crippen LogP contribution in [0.1, 0.15) is 27.8 Å². The first-order chi connectivity index (χ1) is 13.6. The fourth-order valence-electron chi connectivity index (χ4n) is 3.04. The Morgan fingerprint density at radius 2 is 1.39 bits per heavy atom. The van der Waals surface area contributed by atoms with Gasteiger partial charge in [0.2, 0.25) is 0 Å². The summed E-state index contributed by atoms with van der Waals surface area (Å²) >= 11 is 5.46. The van der Waals surface area contributed by atoms with Gasteiger partial charge in [0.15, 0.2) is 5.11 Å². The Hall–Kier alpha value is -2.69. The molecule has 2 N–H and O–H groups in total. The van der Waals surface area contributed by atoms with Crippen molar-refractivity contribution in [1.82, 2.24) is 5.32 Å². The van der Waals surface area contributed by atoms with Crippen LogP contribution in [0.3, 0.4) is 0 Å². The molecule has 0 bridgehead atoms. The summed E-state index contributed by atoms with van der Waals surface area (Å²) in [5, 5.41) is 7.23. The number of benzene rings is 3. The van der Waals surface area contributed by atoms with Crippen molar-refractivity contribution in [2.45, 2.75) is 33.6 Å². The molecule has 0 aliphatic carbocycles. The van der Waals surface area contributed by atoms with E-state index in [1.165, 1.54) is 22.3 Å². The Balaban J connectivity index is 1.49. The fourth-order valence-corrected chi connectivity index (χ4v) is 3.22. The second kappa shape index (κ2) is 10.0. The van der Waals surface area contributed by atoms with E-state index in [1.807, 2.05) is 18.2 Å². The third-order valence-electron chi connectivity index (χ3n) is 4.54. The van der Waals surface area contributed by atoms with Crippen molar-refractivity contribution in [2.24, 2.45) is 0 Å². The van der Waals surface area contributed by atoms with Gasteiger partial charge in [0, 0.05) is 12.2 Å². The summed E-state index contributed by atoms with van der Waals surface area (Å²) in [5.74, 6) is 0. The summed E-state index contributed by atoms with van der Waals surface area (Å²) in [5.41, 5.74) is 6.95. The SMILES string of the molecule is Cc1cccc(C)c1NC(=S)NCc1cccc(COCc2ccccc2)c1. The van der Waals surface area contributed by atoms with E-state index < -0.39 is 0 Å². The van der Waals surface area contributed by atoms with Crippen molar-refractivity contribution < 1.29 is 4.74 Å². The van der Waals surface area contributed by atoms with E-state index in [0.29, 0.717) is 24.9 Å². The number of aryl methyl sites for hydroxylation is 2. The van der Waals surface area contributed by atoms with Crippen molar-refractivity contribution in [3.8, 4) is 0 Å². The van der Waals surface area contributed by atoms with Crippen LogP contribution in [0.5, 0.6) is 0 Å². The van der Waals surface area contributed by atoms with Crippen LogP contribution in [-0.4, -0.2) is 5.11 Å². The van der Waals surface area contributed by atoms with Crippen LogP contribution in [-0.2, 0) is 24.5 Å². The minimum Gasteiger partial charge on any atom is -0.372 e. The van der Waals surface area contributed by atoms with Gasteiger partial charge in [0.1, 0.15) is 0 Å². The standard InChI is InChI=1S/C24H26N2OS/c1-18-8-6-9-19(2)23(18)26-24(28)25-15-21-12-7-13-22(14-21)17-27-16-20-10-4-3-5-11-20/h3-14H,15-17H2,1-2H3,(H2,25,26,28). The highest BCUT2D eigenvalue weighted by molar-refractivity contribution is 7.80. The molecule has 0 aromatic heterocycles. The first-order valence-electron chi connectivity index (χ1n) is 9.42. The molecule has 28 heavy (non-hydrogen) atoms. The van der Waals surface area contributed by atoms with E-state index in [4.69, 9.17) is 17.0 Å². The van der Waals surface area contributed by atoms with Crippen LogP contribution in [0.2, 0.25) is 0 Å². The minimum absolute atomic E-state index is 0.591. The second-order valence-electron chi connectivity index (χ2n) is 6.87. The van der Waals surface area contributed by atoms with Gasteiger partial charge in [0.25, 0.3) is 0 Å². The Labute approximate surface area is 172 Å².